The molecule has 1 unspecified atom stereocenters. The monoisotopic (exact) mass is 338 g/mol. The van der Waals surface area contributed by atoms with Gasteiger partial charge in [0.05, 0.1) is 11.3 Å². The fourth-order valence-corrected chi connectivity index (χ4v) is 5.28. The molecule has 7 heteroatoms. The minimum atomic E-state index is -3.65. The Labute approximate surface area is 136 Å². The highest BCUT2D eigenvalue weighted by Crippen LogP contribution is 2.32. The van der Waals surface area contributed by atoms with Crippen molar-refractivity contribution in [3.63, 3.8) is 0 Å². The van der Waals surface area contributed by atoms with Crippen molar-refractivity contribution in [2.24, 2.45) is 0 Å². The lowest BCUT2D eigenvalue weighted by Crippen LogP contribution is -2.37. The lowest BCUT2D eigenvalue weighted by molar-refractivity contribution is -0.137. The van der Waals surface area contributed by atoms with Crippen molar-refractivity contribution in [3.05, 3.63) is 23.8 Å². The van der Waals surface area contributed by atoms with Crippen LogP contribution >= 0.6 is 0 Å². The van der Waals surface area contributed by atoms with Gasteiger partial charge in [0.2, 0.25) is 10.0 Å². The first kappa shape index (κ1) is 16.3. The first-order valence-electron chi connectivity index (χ1n) is 7.97. The van der Waals surface area contributed by atoms with Gasteiger partial charge >= 0.3 is 5.97 Å². The van der Waals surface area contributed by atoms with Gasteiger partial charge in [0.25, 0.3) is 0 Å². The Kier molecular flexibility index (Phi) is 4.33. The van der Waals surface area contributed by atoms with E-state index in [-0.39, 0.29) is 11.3 Å². The summed E-state index contributed by atoms with van der Waals surface area (Å²) >= 11 is 0. The second-order valence-electron chi connectivity index (χ2n) is 6.33. The minimum absolute atomic E-state index is 0.135. The van der Waals surface area contributed by atoms with E-state index < -0.39 is 22.0 Å². The van der Waals surface area contributed by atoms with Gasteiger partial charge in [-0.15, -0.1) is 0 Å². The van der Waals surface area contributed by atoms with E-state index >= 15 is 0 Å². The molecule has 1 saturated heterocycles. The fourth-order valence-electron chi connectivity index (χ4n) is 3.56. The van der Waals surface area contributed by atoms with Crippen molar-refractivity contribution in [1.29, 1.82) is 0 Å². The second kappa shape index (κ2) is 6.13. The minimum Gasteiger partial charge on any atom is -0.481 e. The number of carboxylic acid groups (broad SMARTS) is 1. The van der Waals surface area contributed by atoms with Gasteiger partial charge in [-0.2, -0.15) is 4.31 Å². The lowest BCUT2D eigenvalue weighted by atomic mass is 10.0. The Hall–Kier alpha value is -1.60. The molecule has 2 aliphatic heterocycles. The maximum absolute atomic E-state index is 12.9. The molecule has 23 heavy (non-hydrogen) atoms. The quantitative estimate of drug-likeness (QED) is 0.904. The molecule has 126 valence electrons. The number of hydrogen-bond donors (Lipinski definition) is 1. The molecule has 0 spiro atoms. The molecule has 0 radical (unpaired) electrons. The molecule has 0 aliphatic carbocycles. The summed E-state index contributed by atoms with van der Waals surface area (Å²) in [5, 5.41) is 8.99. The molecule has 1 N–H and O–H groups in total. The predicted molar refractivity (Wildman–Crippen MR) is 87.2 cm³/mol. The van der Waals surface area contributed by atoms with E-state index in [9.17, 15) is 13.2 Å². The number of anilines is 1. The maximum Gasteiger partial charge on any atom is 0.304 e. The van der Waals surface area contributed by atoms with Crippen molar-refractivity contribution in [2.75, 3.05) is 25.0 Å². The van der Waals surface area contributed by atoms with E-state index in [2.05, 4.69) is 4.90 Å². The Balaban J connectivity index is 1.93. The number of sulfonamides is 1. The summed E-state index contributed by atoms with van der Waals surface area (Å²) < 4.78 is 27.2. The van der Waals surface area contributed by atoms with Gasteiger partial charge in [0, 0.05) is 31.9 Å². The summed E-state index contributed by atoms with van der Waals surface area (Å²) in [4.78, 5) is 13.3. The van der Waals surface area contributed by atoms with E-state index in [1.54, 1.807) is 12.1 Å². The van der Waals surface area contributed by atoms with Crippen LogP contribution in [0.15, 0.2) is 23.1 Å². The number of fused-ring (bicyclic) bond motifs is 1. The molecule has 3 rings (SSSR count). The summed E-state index contributed by atoms with van der Waals surface area (Å²) in [6.45, 7) is 1.31. The number of nitrogens with zero attached hydrogens (tertiary/aromatic N) is 2. The highest BCUT2D eigenvalue weighted by atomic mass is 32.2. The number of aryl methyl sites for hydroxylation is 1. The maximum atomic E-state index is 12.9. The number of carbonyl (C=O) groups is 1. The van der Waals surface area contributed by atoms with Gasteiger partial charge in [-0.05, 0) is 43.4 Å². The average Bonchev–Trinajstić information content (AvgIpc) is 2.95. The van der Waals surface area contributed by atoms with E-state index in [0.29, 0.717) is 19.4 Å². The van der Waals surface area contributed by atoms with Crippen LogP contribution in [0.25, 0.3) is 0 Å². The Morgan fingerprint density at radius 3 is 2.83 bits per heavy atom. The smallest absolute Gasteiger partial charge is 0.304 e. The zero-order chi connectivity index (χ0) is 16.6. The molecule has 2 heterocycles. The van der Waals surface area contributed by atoms with Crippen LogP contribution in [0.1, 0.15) is 31.2 Å². The number of carboxylic acids is 1. The molecule has 6 nitrogen and oxygen atoms in total. The van der Waals surface area contributed by atoms with Crippen LogP contribution in [-0.2, 0) is 21.2 Å². The van der Waals surface area contributed by atoms with E-state index in [0.717, 1.165) is 25.1 Å². The molecule has 1 aromatic rings. The molecule has 0 aromatic heterocycles. The Bertz CT molecular complexity index is 717. The van der Waals surface area contributed by atoms with Crippen molar-refractivity contribution < 1.29 is 18.3 Å². The number of benzene rings is 1. The molecule has 0 saturated carbocycles. The summed E-state index contributed by atoms with van der Waals surface area (Å²) in [5.41, 5.74) is 2.13. The van der Waals surface area contributed by atoms with Crippen molar-refractivity contribution in [1.82, 2.24) is 4.31 Å². The highest BCUT2D eigenvalue weighted by Gasteiger charge is 2.36. The number of rotatable bonds is 4. The van der Waals surface area contributed by atoms with Crippen molar-refractivity contribution in [2.45, 2.75) is 43.0 Å². The normalized spacial score (nSPS) is 22.1. The van der Waals surface area contributed by atoms with Gasteiger partial charge in [0.15, 0.2) is 0 Å². The third-order valence-corrected chi connectivity index (χ3v) is 6.70. The number of aliphatic carboxylic acids is 1. The summed E-state index contributed by atoms with van der Waals surface area (Å²) in [5.74, 6) is -0.956. The topological polar surface area (TPSA) is 77.9 Å². The molecule has 1 aromatic carbocycles. The van der Waals surface area contributed by atoms with Crippen LogP contribution in [-0.4, -0.2) is 50.0 Å². The molecule has 0 bridgehead atoms. The summed E-state index contributed by atoms with van der Waals surface area (Å²) in [6, 6.07) is 4.84. The predicted octanol–water partition coefficient (Wildman–Crippen LogP) is 1.70. The molecular weight excluding hydrogens is 316 g/mol. The van der Waals surface area contributed by atoms with Crippen LogP contribution in [0.5, 0.6) is 0 Å². The summed E-state index contributed by atoms with van der Waals surface area (Å²) in [7, 11) is -1.68. The summed E-state index contributed by atoms with van der Waals surface area (Å²) in [6.07, 6.45) is 3.22. The molecule has 1 atom stereocenters. The Morgan fingerprint density at radius 2 is 2.09 bits per heavy atom. The zero-order valence-electron chi connectivity index (χ0n) is 13.2. The van der Waals surface area contributed by atoms with Crippen LogP contribution in [0.3, 0.4) is 0 Å². The van der Waals surface area contributed by atoms with Crippen LogP contribution in [0.4, 0.5) is 5.69 Å². The van der Waals surface area contributed by atoms with Crippen LogP contribution < -0.4 is 4.90 Å². The van der Waals surface area contributed by atoms with Crippen molar-refractivity contribution in [3.8, 4) is 0 Å². The highest BCUT2D eigenvalue weighted by molar-refractivity contribution is 7.89. The standard InChI is InChI=1S/C16H22N2O4S/c1-17-8-2-4-12-6-7-14(11-15(12)17)23(21,22)18-9-3-5-13(18)10-16(19)20/h6-7,11,13H,2-5,8-10H2,1H3,(H,19,20). The van der Waals surface area contributed by atoms with Gasteiger partial charge in [-0.3, -0.25) is 4.79 Å². The first-order chi connectivity index (χ1) is 10.9. The van der Waals surface area contributed by atoms with Crippen molar-refractivity contribution >= 4 is 21.7 Å². The van der Waals surface area contributed by atoms with Gasteiger partial charge in [-0.1, -0.05) is 6.07 Å². The molecule has 1 fully saturated rings. The molecule has 0 amide bonds. The van der Waals surface area contributed by atoms with Crippen LogP contribution in [0.2, 0.25) is 0 Å². The zero-order valence-corrected chi connectivity index (χ0v) is 14.1. The molecule has 2 aliphatic rings. The Morgan fingerprint density at radius 1 is 1.30 bits per heavy atom. The van der Waals surface area contributed by atoms with Crippen LogP contribution in [0, 0.1) is 0 Å². The first-order valence-corrected chi connectivity index (χ1v) is 9.41. The van der Waals surface area contributed by atoms with Gasteiger partial charge < -0.3 is 10.0 Å². The largest absolute Gasteiger partial charge is 0.481 e. The SMILES string of the molecule is CN1CCCc2ccc(S(=O)(=O)N3CCCC3CC(=O)O)cc21. The van der Waals surface area contributed by atoms with E-state index in [4.69, 9.17) is 5.11 Å². The van der Waals surface area contributed by atoms with E-state index in [1.807, 2.05) is 13.1 Å². The van der Waals surface area contributed by atoms with Gasteiger partial charge in [-0.25, -0.2) is 8.42 Å². The third kappa shape index (κ3) is 3.07. The molecular formula is C16H22N2O4S. The van der Waals surface area contributed by atoms with Gasteiger partial charge in [0.1, 0.15) is 0 Å². The third-order valence-electron chi connectivity index (χ3n) is 4.75. The average molecular weight is 338 g/mol. The lowest BCUT2D eigenvalue weighted by Gasteiger charge is -2.29. The van der Waals surface area contributed by atoms with E-state index in [1.165, 1.54) is 9.87 Å². The second-order valence-corrected chi connectivity index (χ2v) is 8.22. The fraction of sp³-hybridized carbons (Fsp3) is 0.562. The number of hydrogen-bond acceptors (Lipinski definition) is 4.